The van der Waals surface area contributed by atoms with Gasteiger partial charge in [-0.2, -0.15) is 0 Å². The molecule has 0 spiro atoms. The number of aliphatic hydroxyl groups excluding tert-OH is 1. The first-order valence-electron chi connectivity index (χ1n) is 6.42. The Bertz CT molecular complexity index is 528. The number of para-hydroxylation sites is 1. The second-order valence-corrected chi connectivity index (χ2v) is 5.50. The van der Waals surface area contributed by atoms with Crippen LogP contribution in [-0.2, 0) is 13.5 Å². The Labute approximate surface area is 108 Å². The zero-order valence-electron chi connectivity index (χ0n) is 11.4. The molecule has 1 aromatic carbocycles. The lowest BCUT2D eigenvalue weighted by atomic mass is 10.1. The molecular weight excluding hydrogens is 224 g/mol. The van der Waals surface area contributed by atoms with E-state index in [4.69, 9.17) is 0 Å². The number of aryl methyl sites for hydroxylation is 1. The van der Waals surface area contributed by atoms with Gasteiger partial charge in [-0.15, -0.1) is 0 Å². The number of fused-ring (bicyclic) bond motifs is 1. The van der Waals surface area contributed by atoms with E-state index in [1.165, 1.54) is 16.5 Å². The smallest absolute Gasteiger partial charge is 0.0607 e. The van der Waals surface area contributed by atoms with Crippen LogP contribution in [0.15, 0.2) is 30.5 Å². The van der Waals surface area contributed by atoms with E-state index in [2.05, 4.69) is 47.4 Å². The highest BCUT2D eigenvalue weighted by Crippen LogP contribution is 2.20. The Morgan fingerprint density at radius 1 is 1.28 bits per heavy atom. The Balaban J connectivity index is 2.09. The summed E-state index contributed by atoms with van der Waals surface area (Å²) < 4.78 is 2.17. The van der Waals surface area contributed by atoms with Crippen LogP contribution in [0.3, 0.4) is 0 Å². The third-order valence-corrected chi connectivity index (χ3v) is 3.37. The van der Waals surface area contributed by atoms with Gasteiger partial charge in [-0.1, -0.05) is 18.2 Å². The van der Waals surface area contributed by atoms with E-state index in [0.29, 0.717) is 0 Å². The molecule has 0 saturated heterocycles. The molecule has 0 saturated carbocycles. The third kappa shape index (κ3) is 2.74. The van der Waals surface area contributed by atoms with Gasteiger partial charge in [0.1, 0.15) is 0 Å². The Kier molecular flexibility index (Phi) is 3.73. The Hall–Kier alpha value is -1.32. The van der Waals surface area contributed by atoms with Crippen molar-refractivity contribution in [2.45, 2.75) is 25.8 Å². The summed E-state index contributed by atoms with van der Waals surface area (Å²) in [7, 11) is 2.08. The number of aliphatic hydroxyl groups is 1. The summed E-state index contributed by atoms with van der Waals surface area (Å²) in [6, 6.07) is 8.46. The van der Waals surface area contributed by atoms with Gasteiger partial charge in [0.2, 0.25) is 0 Å². The van der Waals surface area contributed by atoms with Gasteiger partial charge < -0.3 is 15.0 Å². The van der Waals surface area contributed by atoms with Gasteiger partial charge in [-0.05, 0) is 38.4 Å². The molecule has 0 unspecified atom stereocenters. The number of benzene rings is 1. The first kappa shape index (κ1) is 13.1. The lowest BCUT2D eigenvalue weighted by molar-refractivity contribution is 0.189. The van der Waals surface area contributed by atoms with Crippen LogP contribution in [0, 0.1) is 0 Å². The van der Waals surface area contributed by atoms with Gasteiger partial charge in [-0.3, -0.25) is 0 Å². The van der Waals surface area contributed by atoms with E-state index in [1.54, 1.807) is 0 Å². The van der Waals surface area contributed by atoms with Crippen molar-refractivity contribution in [1.82, 2.24) is 9.88 Å². The molecule has 2 aromatic rings. The summed E-state index contributed by atoms with van der Waals surface area (Å²) in [5, 5.41) is 13.9. The van der Waals surface area contributed by atoms with Crippen molar-refractivity contribution >= 4 is 10.9 Å². The second kappa shape index (κ2) is 5.12. The average molecular weight is 246 g/mol. The highest BCUT2D eigenvalue weighted by molar-refractivity contribution is 5.83. The van der Waals surface area contributed by atoms with Crippen LogP contribution in [0.5, 0.6) is 0 Å². The number of rotatable bonds is 5. The molecule has 1 aromatic heterocycles. The van der Waals surface area contributed by atoms with Crippen LogP contribution in [0.25, 0.3) is 10.9 Å². The van der Waals surface area contributed by atoms with Crippen LogP contribution in [0.2, 0.25) is 0 Å². The predicted molar refractivity (Wildman–Crippen MR) is 75.8 cm³/mol. The standard InChI is InChI=1S/C15H22N2O/c1-15(2,11-18)16-9-8-12-10-17(3)14-7-5-4-6-13(12)14/h4-7,10,16,18H,8-9,11H2,1-3H3. The fourth-order valence-corrected chi connectivity index (χ4v) is 2.22. The fraction of sp³-hybridized carbons (Fsp3) is 0.467. The molecule has 98 valence electrons. The van der Waals surface area contributed by atoms with Gasteiger partial charge in [-0.25, -0.2) is 0 Å². The molecule has 2 N–H and O–H groups in total. The maximum Gasteiger partial charge on any atom is 0.0607 e. The van der Waals surface area contributed by atoms with E-state index < -0.39 is 0 Å². The molecule has 1 heterocycles. The van der Waals surface area contributed by atoms with E-state index >= 15 is 0 Å². The third-order valence-electron chi connectivity index (χ3n) is 3.37. The summed E-state index contributed by atoms with van der Waals surface area (Å²) in [5.74, 6) is 0. The van der Waals surface area contributed by atoms with Gasteiger partial charge in [0.25, 0.3) is 0 Å². The number of hydrogen-bond acceptors (Lipinski definition) is 2. The molecular formula is C15H22N2O. The number of nitrogens with one attached hydrogen (secondary N) is 1. The van der Waals surface area contributed by atoms with E-state index in [0.717, 1.165) is 13.0 Å². The van der Waals surface area contributed by atoms with Crippen molar-refractivity contribution in [2.75, 3.05) is 13.2 Å². The minimum Gasteiger partial charge on any atom is -0.394 e. The van der Waals surface area contributed by atoms with Crippen molar-refractivity contribution in [3.05, 3.63) is 36.0 Å². The lowest BCUT2D eigenvalue weighted by Gasteiger charge is -2.23. The highest BCUT2D eigenvalue weighted by Gasteiger charge is 2.15. The lowest BCUT2D eigenvalue weighted by Crippen LogP contribution is -2.43. The normalized spacial score (nSPS) is 12.2. The molecule has 18 heavy (non-hydrogen) atoms. The van der Waals surface area contributed by atoms with Crippen LogP contribution in [0.1, 0.15) is 19.4 Å². The first-order valence-corrected chi connectivity index (χ1v) is 6.42. The molecule has 0 amide bonds. The molecule has 3 nitrogen and oxygen atoms in total. The molecule has 0 aliphatic heterocycles. The van der Waals surface area contributed by atoms with Crippen molar-refractivity contribution in [1.29, 1.82) is 0 Å². The van der Waals surface area contributed by atoms with Gasteiger partial charge in [0.05, 0.1) is 6.61 Å². The van der Waals surface area contributed by atoms with E-state index in [1.807, 2.05) is 13.8 Å². The molecule has 3 heteroatoms. The maximum atomic E-state index is 9.20. The first-order chi connectivity index (χ1) is 8.53. The zero-order valence-corrected chi connectivity index (χ0v) is 11.4. The van der Waals surface area contributed by atoms with Gasteiger partial charge >= 0.3 is 0 Å². The summed E-state index contributed by atoms with van der Waals surface area (Å²) in [6.07, 6.45) is 3.17. The minimum absolute atomic E-state index is 0.155. The predicted octanol–water partition coefficient (Wildman–Crippen LogP) is 2.08. The number of nitrogens with zero attached hydrogens (tertiary/aromatic N) is 1. The molecule has 0 aliphatic carbocycles. The minimum atomic E-state index is -0.204. The Morgan fingerprint density at radius 3 is 2.72 bits per heavy atom. The summed E-state index contributed by atoms with van der Waals surface area (Å²) >= 11 is 0. The molecule has 2 rings (SSSR count). The number of hydrogen-bond donors (Lipinski definition) is 2. The SMILES string of the molecule is Cn1cc(CCNC(C)(C)CO)c2ccccc21. The van der Waals surface area contributed by atoms with Gasteiger partial charge in [0, 0.05) is 29.7 Å². The van der Waals surface area contributed by atoms with Crippen molar-refractivity contribution in [3.8, 4) is 0 Å². The summed E-state index contributed by atoms with van der Waals surface area (Å²) in [4.78, 5) is 0. The molecule has 0 radical (unpaired) electrons. The second-order valence-electron chi connectivity index (χ2n) is 5.50. The van der Waals surface area contributed by atoms with Crippen LogP contribution < -0.4 is 5.32 Å². The molecule has 0 bridgehead atoms. The maximum absolute atomic E-state index is 9.20. The van der Waals surface area contributed by atoms with Crippen LogP contribution in [0.4, 0.5) is 0 Å². The zero-order chi connectivity index (χ0) is 13.2. The van der Waals surface area contributed by atoms with Crippen LogP contribution in [-0.4, -0.2) is 28.4 Å². The molecule has 0 aliphatic rings. The van der Waals surface area contributed by atoms with Crippen LogP contribution >= 0.6 is 0 Å². The fourth-order valence-electron chi connectivity index (χ4n) is 2.22. The monoisotopic (exact) mass is 246 g/mol. The largest absolute Gasteiger partial charge is 0.394 e. The summed E-state index contributed by atoms with van der Waals surface area (Å²) in [5.41, 5.74) is 2.42. The molecule has 0 atom stereocenters. The molecule has 0 fully saturated rings. The highest BCUT2D eigenvalue weighted by atomic mass is 16.3. The van der Waals surface area contributed by atoms with Crippen molar-refractivity contribution in [2.24, 2.45) is 7.05 Å². The summed E-state index contributed by atoms with van der Waals surface area (Å²) in [6.45, 7) is 5.05. The average Bonchev–Trinajstić information content (AvgIpc) is 2.67. The quantitative estimate of drug-likeness (QED) is 0.847. The topological polar surface area (TPSA) is 37.2 Å². The Morgan fingerprint density at radius 2 is 2.00 bits per heavy atom. The number of aromatic nitrogens is 1. The van der Waals surface area contributed by atoms with Crippen molar-refractivity contribution in [3.63, 3.8) is 0 Å². The van der Waals surface area contributed by atoms with E-state index in [-0.39, 0.29) is 12.1 Å². The van der Waals surface area contributed by atoms with E-state index in [9.17, 15) is 5.11 Å². The van der Waals surface area contributed by atoms with Gasteiger partial charge in [0.15, 0.2) is 0 Å². The van der Waals surface area contributed by atoms with Crippen molar-refractivity contribution < 1.29 is 5.11 Å².